The van der Waals surface area contributed by atoms with E-state index >= 15 is 0 Å². The van der Waals surface area contributed by atoms with E-state index in [0.717, 1.165) is 22.1 Å². The molecule has 1 heterocycles. The number of fused-ring (bicyclic) bond motifs is 1. The van der Waals surface area contributed by atoms with E-state index in [0.29, 0.717) is 11.3 Å². The highest BCUT2D eigenvalue weighted by molar-refractivity contribution is 6.30. The van der Waals surface area contributed by atoms with Crippen LogP contribution in [0, 0.1) is 13.5 Å². The lowest BCUT2D eigenvalue weighted by atomic mass is 9.99. The van der Waals surface area contributed by atoms with Crippen LogP contribution >= 0.6 is 11.6 Å². The fourth-order valence-corrected chi connectivity index (χ4v) is 2.37. The van der Waals surface area contributed by atoms with Gasteiger partial charge in [0.2, 0.25) is 0 Å². The predicted molar refractivity (Wildman–Crippen MR) is 79.3 cm³/mol. The molecule has 0 aliphatic heterocycles. The first kappa shape index (κ1) is 12.6. The lowest BCUT2D eigenvalue weighted by Crippen LogP contribution is -1.81. The molecule has 0 bridgehead atoms. The topological polar surface area (TPSA) is 37.7 Å². The maximum atomic E-state index is 9.86. The molecule has 0 spiro atoms. The van der Waals surface area contributed by atoms with Gasteiger partial charge in [-0.2, -0.15) is 0 Å². The van der Waals surface area contributed by atoms with E-state index in [-0.39, 0.29) is 11.0 Å². The quantitative estimate of drug-likeness (QED) is 0.614. The maximum absolute atomic E-state index is 9.86. The van der Waals surface area contributed by atoms with Gasteiger partial charge in [0.15, 0.2) is 10.9 Å². The summed E-state index contributed by atoms with van der Waals surface area (Å²) in [6.45, 7) is 8.99. The average molecular weight is 284 g/mol. The Hall–Kier alpha value is -2.44. The summed E-state index contributed by atoms with van der Waals surface area (Å²) in [5.41, 5.74) is 3.48. The van der Waals surface area contributed by atoms with E-state index in [1.54, 1.807) is 24.3 Å². The molecule has 0 saturated carbocycles. The first-order chi connectivity index (χ1) is 9.58. The van der Waals surface area contributed by atoms with E-state index in [9.17, 15) is 5.11 Å². The van der Waals surface area contributed by atoms with E-state index in [1.165, 1.54) is 0 Å². The molecular weight excluding hydrogens is 274 g/mol. The van der Waals surface area contributed by atoms with Crippen LogP contribution in [0.25, 0.3) is 26.9 Å². The normalized spacial score (nSPS) is 10.7. The van der Waals surface area contributed by atoms with E-state index in [4.69, 9.17) is 22.6 Å². The number of phenolic OH excluding ortho intramolecular Hbond substituents is 1. The molecule has 0 fully saturated rings. The molecule has 0 aliphatic carbocycles. The molecule has 98 valence electrons. The van der Waals surface area contributed by atoms with Gasteiger partial charge in [-0.05, 0) is 53.4 Å². The van der Waals surface area contributed by atoms with Crippen molar-refractivity contribution in [2.75, 3.05) is 0 Å². The Morgan fingerprint density at radius 2 is 2.00 bits per heavy atom. The molecule has 1 N–H and O–H groups in total. The predicted octanol–water partition coefficient (Wildman–Crippen LogP) is 5.32. The second-order valence-electron chi connectivity index (χ2n) is 4.57. The highest BCUT2D eigenvalue weighted by Crippen LogP contribution is 2.37. The smallest absolute Gasteiger partial charge is 0.194 e. The van der Waals surface area contributed by atoms with Crippen molar-refractivity contribution >= 4 is 28.3 Å². The van der Waals surface area contributed by atoms with Crippen molar-refractivity contribution in [1.29, 1.82) is 0 Å². The lowest BCUT2D eigenvalue weighted by Gasteiger charge is -2.06. The molecule has 2 aromatic carbocycles. The van der Waals surface area contributed by atoms with Crippen LogP contribution in [0.3, 0.4) is 0 Å². The summed E-state index contributed by atoms with van der Waals surface area (Å²) in [6.07, 6.45) is 0. The lowest BCUT2D eigenvalue weighted by molar-refractivity contribution is 0.471. The van der Waals surface area contributed by atoms with Gasteiger partial charge in [0, 0.05) is 11.5 Å². The van der Waals surface area contributed by atoms with Crippen molar-refractivity contribution in [3.05, 3.63) is 58.6 Å². The Morgan fingerprint density at radius 1 is 1.20 bits per heavy atom. The Kier molecular flexibility index (Phi) is 2.89. The van der Waals surface area contributed by atoms with Gasteiger partial charge in [-0.3, -0.25) is 0 Å². The van der Waals surface area contributed by atoms with Crippen LogP contribution < -0.4 is 0 Å². The van der Waals surface area contributed by atoms with Crippen LogP contribution in [0.4, 0.5) is 5.69 Å². The van der Waals surface area contributed by atoms with Gasteiger partial charge in [-0.25, -0.2) is 4.85 Å². The van der Waals surface area contributed by atoms with Crippen LogP contribution in [-0.2, 0) is 0 Å². The third-order valence-electron chi connectivity index (χ3n) is 3.24. The minimum Gasteiger partial charge on any atom is -0.508 e. The number of phenols is 1. The molecule has 0 atom stereocenters. The number of benzene rings is 2. The van der Waals surface area contributed by atoms with Crippen molar-refractivity contribution in [3.63, 3.8) is 0 Å². The zero-order valence-corrected chi connectivity index (χ0v) is 11.4. The number of hydrogen-bond donors (Lipinski definition) is 1. The number of furan rings is 1. The van der Waals surface area contributed by atoms with Crippen LogP contribution in [0.15, 0.2) is 40.8 Å². The summed E-state index contributed by atoms with van der Waals surface area (Å²) >= 11 is 5.90. The Bertz CT molecular complexity index is 859. The first-order valence-corrected chi connectivity index (χ1v) is 6.37. The molecule has 0 aliphatic rings. The molecule has 3 aromatic rings. The molecule has 3 rings (SSSR count). The van der Waals surface area contributed by atoms with Gasteiger partial charge in [0.05, 0.1) is 6.57 Å². The monoisotopic (exact) mass is 283 g/mol. The van der Waals surface area contributed by atoms with E-state index < -0.39 is 0 Å². The first-order valence-electron chi connectivity index (χ1n) is 5.99. The van der Waals surface area contributed by atoms with Gasteiger partial charge in [-0.1, -0.05) is 12.1 Å². The highest BCUT2D eigenvalue weighted by atomic mass is 35.5. The molecule has 0 saturated heterocycles. The summed E-state index contributed by atoms with van der Waals surface area (Å²) < 4.78 is 5.39. The van der Waals surface area contributed by atoms with Crippen LogP contribution in [0.5, 0.6) is 5.75 Å². The molecule has 0 amide bonds. The number of aromatic hydroxyl groups is 1. The fraction of sp³-hybridized carbons (Fsp3) is 0.0625. The van der Waals surface area contributed by atoms with Crippen molar-refractivity contribution in [1.82, 2.24) is 0 Å². The number of aryl methyl sites for hydroxylation is 1. The van der Waals surface area contributed by atoms with Gasteiger partial charge >= 0.3 is 0 Å². The molecule has 20 heavy (non-hydrogen) atoms. The molecular formula is C16H10ClNO2. The third kappa shape index (κ3) is 2.01. The van der Waals surface area contributed by atoms with Gasteiger partial charge in [0.1, 0.15) is 11.3 Å². The second kappa shape index (κ2) is 4.59. The maximum Gasteiger partial charge on any atom is 0.194 e. The minimum atomic E-state index is 0.221. The molecule has 0 unspecified atom stereocenters. The zero-order chi connectivity index (χ0) is 14.3. The summed E-state index contributed by atoms with van der Waals surface area (Å²) in [4.78, 5) is 3.44. The van der Waals surface area contributed by atoms with Crippen molar-refractivity contribution in [2.45, 2.75) is 6.92 Å². The van der Waals surface area contributed by atoms with Crippen molar-refractivity contribution in [3.8, 4) is 16.9 Å². The third-order valence-corrected chi connectivity index (χ3v) is 3.43. The molecule has 0 radical (unpaired) electrons. The number of halogens is 1. The van der Waals surface area contributed by atoms with Crippen molar-refractivity contribution < 1.29 is 9.52 Å². The Balaban J connectivity index is 2.33. The van der Waals surface area contributed by atoms with Gasteiger partial charge in [-0.15, -0.1) is 0 Å². The van der Waals surface area contributed by atoms with E-state index in [2.05, 4.69) is 4.85 Å². The summed E-state index contributed by atoms with van der Waals surface area (Å²) in [7, 11) is 0. The van der Waals surface area contributed by atoms with Crippen LogP contribution in [-0.4, -0.2) is 5.11 Å². The van der Waals surface area contributed by atoms with Gasteiger partial charge < -0.3 is 9.52 Å². The standard InChI is InChI=1S/C16H10ClNO2/c1-9-3-4-10(5-14(9)19)12-6-11(18-2)7-15-13(12)8-16(17)20-15/h3-8,19H,1H3. The average Bonchev–Trinajstić information content (AvgIpc) is 2.80. The highest BCUT2D eigenvalue weighted by Gasteiger charge is 2.12. The zero-order valence-electron chi connectivity index (χ0n) is 10.6. The van der Waals surface area contributed by atoms with Gasteiger partial charge in [0.25, 0.3) is 0 Å². The molecule has 4 heteroatoms. The Labute approximate surface area is 120 Å². The fourth-order valence-electron chi connectivity index (χ4n) is 2.17. The summed E-state index contributed by atoms with van der Waals surface area (Å²) in [5.74, 6) is 0.221. The number of hydrogen-bond acceptors (Lipinski definition) is 2. The van der Waals surface area contributed by atoms with E-state index in [1.807, 2.05) is 19.1 Å². The minimum absolute atomic E-state index is 0.221. The second-order valence-corrected chi connectivity index (χ2v) is 4.94. The largest absolute Gasteiger partial charge is 0.508 e. The SMILES string of the molecule is [C-]#[N+]c1cc(-c2ccc(C)c(O)c2)c2cc(Cl)oc2c1. The van der Waals surface area contributed by atoms with Crippen LogP contribution in [0.1, 0.15) is 5.56 Å². The number of rotatable bonds is 1. The van der Waals surface area contributed by atoms with Crippen LogP contribution in [0.2, 0.25) is 5.22 Å². The summed E-state index contributed by atoms with van der Waals surface area (Å²) in [5, 5.41) is 11.0. The summed E-state index contributed by atoms with van der Waals surface area (Å²) in [6, 6.07) is 10.6. The molecule has 3 nitrogen and oxygen atoms in total. The van der Waals surface area contributed by atoms with Crippen molar-refractivity contribution in [2.24, 2.45) is 0 Å². The molecule has 1 aromatic heterocycles. The Morgan fingerprint density at radius 3 is 2.70 bits per heavy atom. The number of nitrogens with zero attached hydrogens (tertiary/aromatic N) is 1.